The van der Waals surface area contributed by atoms with Gasteiger partial charge in [0.2, 0.25) is 0 Å². The van der Waals surface area contributed by atoms with Crippen LogP contribution in [0.5, 0.6) is 0 Å². The van der Waals surface area contributed by atoms with Gasteiger partial charge in [0.15, 0.2) is 0 Å². The predicted octanol–water partition coefficient (Wildman–Crippen LogP) is 1.07. The van der Waals surface area contributed by atoms with Crippen molar-refractivity contribution < 1.29 is 4.00 Å². The maximum absolute atomic E-state index is 2.29. The van der Waals surface area contributed by atoms with Gasteiger partial charge < -0.3 is 0 Å². The topological polar surface area (TPSA) is 6.48 Å². The average molecular weight is 194 g/mol. The molecule has 3 nitrogen and oxygen atoms in total. The number of hydrogen-bond donors (Lipinski definition) is 0. The van der Waals surface area contributed by atoms with E-state index in [0.29, 0.717) is 0 Å². The second-order valence-electron chi connectivity index (χ2n) is 2.70. The van der Waals surface area contributed by atoms with Gasteiger partial charge in [-0.3, -0.25) is 0 Å². The normalized spacial score (nSPS) is 34.9. The number of rotatable bonds is 2. The maximum atomic E-state index is 2.29. The lowest BCUT2D eigenvalue weighted by Crippen LogP contribution is -2.47. The highest BCUT2D eigenvalue weighted by Crippen LogP contribution is 2.29. The van der Waals surface area contributed by atoms with Crippen molar-refractivity contribution in [3.8, 4) is 0 Å². The van der Waals surface area contributed by atoms with Gasteiger partial charge in [-0.2, -0.15) is 4.00 Å². The highest BCUT2D eigenvalue weighted by molar-refractivity contribution is 7.96. The second-order valence-corrected chi connectivity index (χ2v) is 4.64. The third-order valence-electron chi connectivity index (χ3n) is 2.25. The van der Waals surface area contributed by atoms with Gasteiger partial charge in [-0.15, -0.1) is 4.41 Å². The minimum atomic E-state index is 0.959. The van der Waals surface area contributed by atoms with Crippen LogP contribution in [0.15, 0.2) is 0 Å². The molecule has 0 aromatic heterocycles. The van der Waals surface area contributed by atoms with Gasteiger partial charge in [-0.25, -0.2) is 0 Å². The van der Waals surface area contributed by atoms with Crippen LogP contribution in [0.4, 0.5) is 0 Å². The van der Waals surface area contributed by atoms with E-state index in [4.69, 9.17) is 0 Å². The molecule has 1 unspecified atom stereocenters. The Morgan fingerprint density at radius 2 is 2.00 bits per heavy atom. The Hall–Kier alpha value is 0.580. The highest BCUT2D eigenvalue weighted by Gasteiger charge is 2.39. The van der Waals surface area contributed by atoms with Gasteiger partial charge in [0.1, 0.15) is 6.54 Å². The number of quaternary nitrogens is 1. The molecule has 0 bridgehead atoms. The van der Waals surface area contributed by atoms with Crippen molar-refractivity contribution in [2.24, 2.45) is 0 Å². The van der Waals surface area contributed by atoms with Crippen LogP contribution in [0, 0.1) is 0 Å². The lowest BCUT2D eigenvalue weighted by Gasteiger charge is -2.32. The molecule has 5 heteroatoms. The fourth-order valence-electron chi connectivity index (χ4n) is 1.19. The van der Waals surface area contributed by atoms with E-state index in [1.165, 1.54) is 6.54 Å². The molecule has 11 heavy (non-hydrogen) atoms. The number of likely N-dealkylation sites (N-methyl/N-ethyl adjacent to an activating group) is 1. The third-order valence-corrected chi connectivity index (χ3v) is 4.29. The molecule has 0 saturated carbocycles. The molecule has 1 fully saturated rings. The van der Waals surface area contributed by atoms with E-state index in [0.717, 1.165) is 10.5 Å². The van der Waals surface area contributed by atoms with Crippen molar-refractivity contribution in [1.29, 1.82) is 0 Å². The fourth-order valence-corrected chi connectivity index (χ4v) is 2.49. The molecule has 1 aliphatic rings. The van der Waals surface area contributed by atoms with Crippen LogP contribution in [0.2, 0.25) is 0 Å². The van der Waals surface area contributed by atoms with Crippen LogP contribution in [0.25, 0.3) is 0 Å². The molecule has 0 N–H and O–H groups in total. The Bertz CT molecular complexity index is 144. The second kappa shape index (κ2) is 3.53. The van der Waals surface area contributed by atoms with Crippen LogP contribution in [0.3, 0.4) is 0 Å². The van der Waals surface area contributed by atoms with E-state index >= 15 is 0 Å². The molecule has 0 aromatic carbocycles. The first-order valence-corrected chi connectivity index (χ1v) is 5.97. The monoisotopic (exact) mass is 194 g/mol. The van der Waals surface area contributed by atoms with Crippen molar-refractivity contribution in [1.82, 2.24) is 9.53 Å². The predicted molar refractivity (Wildman–Crippen MR) is 52.6 cm³/mol. The summed E-state index contributed by atoms with van der Waals surface area (Å²) >= 11 is 3.66. The van der Waals surface area contributed by atoms with Crippen LogP contribution in [-0.2, 0) is 0 Å². The van der Waals surface area contributed by atoms with Crippen molar-refractivity contribution in [2.75, 3.05) is 39.7 Å². The van der Waals surface area contributed by atoms with Gasteiger partial charge in [0, 0.05) is 6.26 Å². The van der Waals surface area contributed by atoms with Crippen LogP contribution in [-0.4, -0.2) is 53.2 Å². The van der Waals surface area contributed by atoms with E-state index < -0.39 is 0 Å². The van der Waals surface area contributed by atoms with Crippen LogP contribution < -0.4 is 0 Å². The van der Waals surface area contributed by atoms with E-state index in [1.807, 2.05) is 11.9 Å². The molecule has 1 saturated heterocycles. The summed E-state index contributed by atoms with van der Waals surface area (Å²) in [6, 6.07) is 0. The lowest BCUT2D eigenvalue weighted by atomic mass is 10.7. The fraction of sp³-hybridized carbons (Fsp3) is 1.00. The minimum absolute atomic E-state index is 0.959. The van der Waals surface area contributed by atoms with Crippen molar-refractivity contribution in [3.05, 3.63) is 0 Å². The number of hydrazine groups is 1. The molecule has 1 aliphatic heterocycles. The van der Waals surface area contributed by atoms with Crippen LogP contribution >= 0.6 is 23.9 Å². The van der Waals surface area contributed by atoms with Crippen molar-refractivity contribution in [2.45, 2.75) is 0 Å². The molecule has 1 rings (SSSR count). The summed E-state index contributed by atoms with van der Waals surface area (Å²) in [5, 5.41) is 2.27. The summed E-state index contributed by atoms with van der Waals surface area (Å²) in [5.41, 5.74) is 0. The first kappa shape index (κ1) is 9.67. The largest absolute Gasteiger partial charge is 0.170 e. The summed E-state index contributed by atoms with van der Waals surface area (Å²) in [7, 11) is 4.38. The van der Waals surface area contributed by atoms with Gasteiger partial charge in [0.05, 0.1) is 32.6 Å². The zero-order valence-electron chi connectivity index (χ0n) is 7.57. The smallest absolute Gasteiger partial charge is 0.124 e. The zero-order valence-corrected chi connectivity index (χ0v) is 9.21. The summed E-state index contributed by atoms with van der Waals surface area (Å²) < 4.78 is 3.25. The molecule has 0 amide bonds. The van der Waals surface area contributed by atoms with E-state index in [2.05, 4.69) is 36.1 Å². The summed E-state index contributed by atoms with van der Waals surface area (Å²) in [4.78, 5) is 0. The molecular formula is C6H16N3S2+. The molecule has 1 heterocycles. The highest BCUT2D eigenvalue weighted by atomic mass is 32.2. The van der Waals surface area contributed by atoms with E-state index in [9.17, 15) is 0 Å². The number of hydrogen-bond acceptors (Lipinski definition) is 4. The average Bonchev–Trinajstić information content (AvgIpc) is 2.31. The Labute approximate surface area is 77.5 Å². The molecule has 0 radical (unpaired) electrons. The Balaban J connectivity index is 2.61. The molecular weight excluding hydrogens is 178 g/mol. The van der Waals surface area contributed by atoms with Gasteiger partial charge >= 0.3 is 0 Å². The maximum Gasteiger partial charge on any atom is 0.124 e. The number of nitrogens with zero attached hydrogens (tertiary/aromatic N) is 3. The van der Waals surface area contributed by atoms with Gasteiger partial charge in [0.25, 0.3) is 0 Å². The Morgan fingerprint density at radius 1 is 1.36 bits per heavy atom. The van der Waals surface area contributed by atoms with E-state index in [1.54, 1.807) is 11.9 Å². The Kier molecular flexibility index (Phi) is 3.10. The standard InChI is InChI=1S/C6H16N3S2/c1-7-8(10-3)5-6-9(7,2)11-4/h5-6H2,1-4H3/q+1. The van der Waals surface area contributed by atoms with Crippen molar-refractivity contribution in [3.63, 3.8) is 0 Å². The molecule has 1 atom stereocenters. The van der Waals surface area contributed by atoms with E-state index in [-0.39, 0.29) is 0 Å². The summed E-state index contributed by atoms with van der Waals surface area (Å²) in [5.74, 6) is 0. The first-order valence-electron chi connectivity index (χ1n) is 3.61. The van der Waals surface area contributed by atoms with Gasteiger partial charge in [-0.1, -0.05) is 17.1 Å². The third kappa shape index (κ3) is 1.67. The first-order chi connectivity index (χ1) is 5.14. The minimum Gasteiger partial charge on any atom is -0.170 e. The zero-order chi connectivity index (χ0) is 8.48. The summed E-state index contributed by atoms with van der Waals surface area (Å²) in [6.07, 6.45) is 4.27. The Morgan fingerprint density at radius 3 is 2.27 bits per heavy atom. The van der Waals surface area contributed by atoms with Gasteiger partial charge in [-0.05, 0) is 6.26 Å². The molecule has 0 spiro atoms. The molecule has 66 valence electrons. The molecule has 0 aromatic rings. The summed E-state index contributed by atoms with van der Waals surface area (Å²) in [6.45, 7) is 2.34. The lowest BCUT2D eigenvalue weighted by molar-refractivity contribution is -0.893. The van der Waals surface area contributed by atoms with Crippen molar-refractivity contribution >= 4 is 23.9 Å². The van der Waals surface area contributed by atoms with Crippen LogP contribution in [0.1, 0.15) is 0 Å². The SMILES string of the molecule is CSN1CC[N+](C)(SC)N1C. The quantitative estimate of drug-likeness (QED) is 0.479. The molecule has 0 aliphatic carbocycles.